The van der Waals surface area contributed by atoms with E-state index in [9.17, 15) is 18.4 Å². The van der Waals surface area contributed by atoms with Crippen molar-refractivity contribution in [3.8, 4) is 6.07 Å². The molecule has 0 radical (unpaired) electrons. The molecule has 1 N–H and O–H groups in total. The number of aromatic nitrogens is 1. The van der Waals surface area contributed by atoms with Gasteiger partial charge >= 0.3 is 0 Å². The lowest BCUT2D eigenvalue weighted by molar-refractivity contribution is -0.131. The molecule has 156 valence electrons. The van der Waals surface area contributed by atoms with Crippen molar-refractivity contribution in [1.82, 2.24) is 15.2 Å². The fourth-order valence-electron chi connectivity index (χ4n) is 2.84. The second-order valence-electron chi connectivity index (χ2n) is 7.52. The molecule has 3 rings (SSSR count). The lowest BCUT2D eigenvalue weighted by Gasteiger charge is -2.19. The van der Waals surface area contributed by atoms with Crippen LogP contribution in [-0.4, -0.2) is 46.8 Å². The Morgan fingerprint density at radius 1 is 1.34 bits per heavy atom. The minimum Gasteiger partial charge on any atom is -0.343 e. The quantitative estimate of drug-likeness (QED) is 0.846. The first-order chi connectivity index (χ1) is 13.6. The molecular weight excluding hydrogens is 378 g/mol. The molecule has 1 aliphatic heterocycles. The number of rotatable bonds is 3. The van der Waals surface area contributed by atoms with Gasteiger partial charge in [0.25, 0.3) is 11.8 Å². The van der Waals surface area contributed by atoms with E-state index in [1.807, 2.05) is 0 Å². The summed E-state index contributed by atoms with van der Waals surface area (Å²) < 4.78 is 26.8. The van der Waals surface area contributed by atoms with Gasteiger partial charge < -0.3 is 10.2 Å². The SMILES string of the molecule is CC(C)C.N#CC1CC(F)(F)CN1C(=O)CNC(=O)c1ccnc2ccccc12.[HH]. The summed E-state index contributed by atoms with van der Waals surface area (Å²) in [6.07, 6.45) is 0.796. The number of hydrogen-bond donors (Lipinski definition) is 1. The van der Waals surface area contributed by atoms with E-state index in [1.165, 1.54) is 12.3 Å². The van der Waals surface area contributed by atoms with Crippen LogP contribution < -0.4 is 5.32 Å². The van der Waals surface area contributed by atoms with E-state index in [1.54, 1.807) is 30.3 Å². The number of fused-ring (bicyclic) bond motifs is 1. The molecule has 0 bridgehead atoms. The first kappa shape index (κ1) is 22.2. The normalized spacial score (nSPS) is 17.4. The highest BCUT2D eigenvalue weighted by atomic mass is 19.3. The van der Waals surface area contributed by atoms with Crippen molar-refractivity contribution in [2.75, 3.05) is 13.1 Å². The van der Waals surface area contributed by atoms with Gasteiger partial charge in [-0.05, 0) is 18.1 Å². The maximum Gasteiger partial charge on any atom is 0.268 e. The Labute approximate surface area is 170 Å². The van der Waals surface area contributed by atoms with Gasteiger partial charge in [0.2, 0.25) is 5.91 Å². The summed E-state index contributed by atoms with van der Waals surface area (Å²) in [5, 5.41) is 12.0. The predicted molar refractivity (Wildman–Crippen MR) is 107 cm³/mol. The third-order valence-corrected chi connectivity index (χ3v) is 4.03. The molecule has 1 aliphatic rings. The average Bonchev–Trinajstić information content (AvgIpc) is 2.99. The van der Waals surface area contributed by atoms with Crippen LogP contribution in [0, 0.1) is 17.2 Å². The fraction of sp³-hybridized carbons (Fsp3) is 0.429. The predicted octanol–water partition coefficient (Wildman–Crippen LogP) is 3.63. The van der Waals surface area contributed by atoms with Gasteiger partial charge in [0.1, 0.15) is 6.04 Å². The van der Waals surface area contributed by atoms with Crippen LogP contribution in [0.15, 0.2) is 36.5 Å². The zero-order valence-corrected chi connectivity index (χ0v) is 16.7. The molecule has 29 heavy (non-hydrogen) atoms. The van der Waals surface area contributed by atoms with E-state index in [2.05, 4.69) is 31.1 Å². The molecule has 1 unspecified atom stereocenters. The number of pyridine rings is 1. The molecule has 2 aromatic rings. The molecule has 1 saturated heterocycles. The smallest absolute Gasteiger partial charge is 0.268 e. The monoisotopic (exact) mass is 404 g/mol. The summed E-state index contributed by atoms with van der Waals surface area (Å²) in [6, 6.07) is 9.06. The van der Waals surface area contributed by atoms with Gasteiger partial charge in [-0.1, -0.05) is 39.0 Å². The molecule has 0 aliphatic carbocycles. The third-order valence-electron chi connectivity index (χ3n) is 4.03. The summed E-state index contributed by atoms with van der Waals surface area (Å²) >= 11 is 0. The largest absolute Gasteiger partial charge is 0.343 e. The molecule has 6 nitrogen and oxygen atoms in total. The van der Waals surface area contributed by atoms with Crippen molar-refractivity contribution in [2.45, 2.75) is 39.2 Å². The van der Waals surface area contributed by atoms with E-state index >= 15 is 0 Å². The molecule has 8 heteroatoms. The number of nitriles is 1. The molecule has 2 amide bonds. The molecule has 1 atom stereocenters. The number of hydrogen-bond acceptors (Lipinski definition) is 4. The summed E-state index contributed by atoms with van der Waals surface area (Å²) in [6.45, 7) is 5.24. The molecule has 0 spiro atoms. The molecule has 0 saturated carbocycles. The Bertz CT molecular complexity index is 923. The van der Waals surface area contributed by atoms with E-state index in [4.69, 9.17) is 5.26 Å². The molecule has 1 fully saturated rings. The van der Waals surface area contributed by atoms with Crippen LogP contribution in [0.2, 0.25) is 0 Å². The maximum atomic E-state index is 13.4. The number of carbonyl (C=O) groups excluding carboxylic acids is 2. The zero-order chi connectivity index (χ0) is 21.6. The van der Waals surface area contributed by atoms with Crippen molar-refractivity contribution in [1.29, 1.82) is 5.26 Å². The second kappa shape index (κ2) is 9.41. The van der Waals surface area contributed by atoms with Crippen molar-refractivity contribution < 1.29 is 19.8 Å². The Morgan fingerprint density at radius 3 is 2.66 bits per heavy atom. The topological polar surface area (TPSA) is 86.1 Å². The Hall–Kier alpha value is -3.08. The number of likely N-dealkylation sites (tertiary alicyclic amines) is 1. The number of alkyl halides is 2. The Balaban J connectivity index is 0.000000827. The van der Waals surface area contributed by atoms with Gasteiger partial charge in [-0.15, -0.1) is 0 Å². The van der Waals surface area contributed by atoms with E-state index < -0.39 is 43.3 Å². The second-order valence-corrected chi connectivity index (χ2v) is 7.52. The van der Waals surface area contributed by atoms with Crippen molar-refractivity contribution in [3.05, 3.63) is 42.1 Å². The van der Waals surface area contributed by atoms with Gasteiger partial charge in [0.15, 0.2) is 0 Å². The number of benzene rings is 1. The van der Waals surface area contributed by atoms with Crippen molar-refractivity contribution in [3.63, 3.8) is 0 Å². The minimum atomic E-state index is -3.08. The van der Waals surface area contributed by atoms with Crippen molar-refractivity contribution >= 4 is 22.7 Å². The zero-order valence-electron chi connectivity index (χ0n) is 16.7. The fourth-order valence-corrected chi connectivity index (χ4v) is 2.84. The Morgan fingerprint density at radius 2 is 2.00 bits per heavy atom. The van der Waals surface area contributed by atoms with Gasteiger partial charge in [-0.3, -0.25) is 14.6 Å². The summed E-state index contributed by atoms with van der Waals surface area (Å²) in [7, 11) is 0. The van der Waals surface area contributed by atoms with E-state index in [0.717, 1.165) is 10.8 Å². The summed E-state index contributed by atoms with van der Waals surface area (Å²) in [5.74, 6) is -3.47. The number of nitrogens with zero attached hydrogens (tertiary/aromatic N) is 3. The summed E-state index contributed by atoms with van der Waals surface area (Å²) in [5.41, 5.74) is 0.965. The standard InChI is InChI=1S/C17H14F2N4O2.C4H10.H2/c18-17(19)7-11(8-20)23(10-17)15(24)9-22-16(25)13-5-6-21-14-4-2-1-3-12(13)14;1-4(2)3;/h1-6,11H,7,9-10H2,(H,22,25);4H,1-3H3;1H. The average molecular weight is 404 g/mol. The highest BCUT2D eigenvalue weighted by Crippen LogP contribution is 2.31. The molecular formula is C21H26F2N4O2. The van der Waals surface area contributed by atoms with Gasteiger partial charge in [0, 0.05) is 19.4 Å². The number of halogens is 2. The van der Waals surface area contributed by atoms with E-state index in [0.29, 0.717) is 16.5 Å². The number of nitrogens with one attached hydrogen (secondary N) is 1. The number of carbonyl (C=O) groups is 2. The summed E-state index contributed by atoms with van der Waals surface area (Å²) in [4.78, 5) is 29.4. The van der Waals surface area contributed by atoms with Crippen LogP contribution in [0.3, 0.4) is 0 Å². The maximum absolute atomic E-state index is 13.4. The van der Waals surface area contributed by atoms with Gasteiger partial charge in [-0.25, -0.2) is 8.78 Å². The van der Waals surface area contributed by atoms with Gasteiger partial charge in [-0.2, -0.15) is 5.26 Å². The van der Waals surface area contributed by atoms with Crippen LogP contribution in [0.4, 0.5) is 8.78 Å². The first-order valence-corrected chi connectivity index (χ1v) is 9.33. The third kappa shape index (κ3) is 5.95. The molecule has 1 aromatic carbocycles. The number of amides is 2. The molecule has 2 heterocycles. The lowest BCUT2D eigenvalue weighted by Crippen LogP contribution is -2.43. The highest BCUT2D eigenvalue weighted by molar-refractivity contribution is 6.06. The van der Waals surface area contributed by atoms with Crippen LogP contribution in [-0.2, 0) is 4.79 Å². The van der Waals surface area contributed by atoms with Crippen LogP contribution >= 0.6 is 0 Å². The molecule has 1 aromatic heterocycles. The lowest BCUT2D eigenvalue weighted by atomic mass is 10.1. The first-order valence-electron chi connectivity index (χ1n) is 9.33. The minimum absolute atomic E-state index is 0. The Kier molecular flexibility index (Phi) is 7.21. The van der Waals surface area contributed by atoms with Crippen LogP contribution in [0.5, 0.6) is 0 Å². The van der Waals surface area contributed by atoms with Crippen LogP contribution in [0.25, 0.3) is 10.9 Å². The number of para-hydroxylation sites is 1. The van der Waals surface area contributed by atoms with Gasteiger partial charge in [0.05, 0.1) is 30.2 Å². The van der Waals surface area contributed by atoms with E-state index in [-0.39, 0.29) is 1.43 Å². The van der Waals surface area contributed by atoms with Crippen LogP contribution in [0.1, 0.15) is 39.0 Å². The highest BCUT2D eigenvalue weighted by Gasteiger charge is 2.47. The van der Waals surface area contributed by atoms with Crippen molar-refractivity contribution in [2.24, 2.45) is 5.92 Å².